The van der Waals surface area contributed by atoms with Crippen LogP contribution >= 0.6 is 11.3 Å². The molecule has 2 aromatic heterocycles. The van der Waals surface area contributed by atoms with E-state index < -0.39 is 0 Å². The van der Waals surface area contributed by atoms with Gasteiger partial charge >= 0.3 is 0 Å². The van der Waals surface area contributed by atoms with Crippen molar-refractivity contribution < 1.29 is 14.9 Å². The fourth-order valence-electron chi connectivity index (χ4n) is 2.92. The van der Waals surface area contributed by atoms with E-state index in [0.717, 1.165) is 22.6 Å². The first-order valence-electron chi connectivity index (χ1n) is 8.70. The summed E-state index contributed by atoms with van der Waals surface area (Å²) in [6.45, 7) is 5.05. The zero-order valence-electron chi connectivity index (χ0n) is 15.2. The number of hydrogen-bond acceptors (Lipinski definition) is 7. The van der Waals surface area contributed by atoms with Crippen LogP contribution in [0, 0.1) is 0 Å². The van der Waals surface area contributed by atoms with Gasteiger partial charge in [-0.3, -0.25) is 4.90 Å². The normalized spacial score (nSPS) is 12.8. The van der Waals surface area contributed by atoms with Crippen molar-refractivity contribution in [3.8, 4) is 11.6 Å². The highest BCUT2D eigenvalue weighted by Gasteiger charge is 2.27. The predicted octanol–water partition coefficient (Wildman–Crippen LogP) is 2.47. The molecule has 1 atom stereocenters. The number of thiazole rings is 1. The van der Waals surface area contributed by atoms with Gasteiger partial charge in [0.25, 0.3) is 0 Å². The number of fused-ring (bicyclic) bond motifs is 1. The highest BCUT2D eigenvalue weighted by molar-refractivity contribution is 7.17. The van der Waals surface area contributed by atoms with E-state index in [-0.39, 0.29) is 18.5 Å². The van der Waals surface area contributed by atoms with Crippen LogP contribution in [0.25, 0.3) is 4.96 Å². The molecule has 2 heterocycles. The van der Waals surface area contributed by atoms with Crippen molar-refractivity contribution in [3.63, 3.8) is 0 Å². The first-order chi connectivity index (χ1) is 12.6. The topological polar surface area (TPSA) is 83.1 Å². The van der Waals surface area contributed by atoms with Gasteiger partial charge in [-0.1, -0.05) is 30.4 Å². The molecule has 26 heavy (non-hydrogen) atoms. The minimum atomic E-state index is -0.212. The zero-order valence-corrected chi connectivity index (χ0v) is 16.0. The van der Waals surface area contributed by atoms with Crippen LogP contribution in [0.15, 0.2) is 24.3 Å². The van der Waals surface area contributed by atoms with Crippen molar-refractivity contribution in [1.82, 2.24) is 19.5 Å². The molecule has 0 aliphatic carbocycles. The van der Waals surface area contributed by atoms with Gasteiger partial charge < -0.3 is 14.9 Å². The SMILES string of the molecule is CCOc1ccc(C(c2sc3nc(CC)nn3c2O)N(C)CCO)cc1. The summed E-state index contributed by atoms with van der Waals surface area (Å²) in [4.78, 5) is 7.88. The minimum Gasteiger partial charge on any atom is -0.494 e. The Bertz CT molecular complexity index is 859. The van der Waals surface area contributed by atoms with Gasteiger partial charge in [-0.25, -0.2) is 4.98 Å². The summed E-state index contributed by atoms with van der Waals surface area (Å²) in [7, 11) is 1.92. The second-order valence-corrected chi connectivity index (χ2v) is 6.98. The average Bonchev–Trinajstić information content (AvgIpc) is 3.17. The molecule has 3 aromatic rings. The number of benzene rings is 1. The fourth-order valence-corrected chi connectivity index (χ4v) is 4.09. The van der Waals surface area contributed by atoms with Crippen molar-refractivity contribution in [1.29, 1.82) is 0 Å². The molecule has 8 heteroatoms. The molecule has 0 saturated carbocycles. The standard InChI is InChI=1S/C18H24N4O3S/c1-4-14-19-18-22(20-14)17(24)16(26-18)15(21(3)10-11-23)12-6-8-13(9-7-12)25-5-2/h6-9,15,23-24H,4-5,10-11H2,1-3H3. The molecule has 1 unspecified atom stereocenters. The van der Waals surface area contributed by atoms with Crippen LogP contribution < -0.4 is 4.74 Å². The molecule has 0 amide bonds. The molecule has 0 spiro atoms. The monoisotopic (exact) mass is 376 g/mol. The second-order valence-electron chi connectivity index (χ2n) is 5.97. The lowest BCUT2D eigenvalue weighted by Crippen LogP contribution is -2.28. The third-order valence-electron chi connectivity index (χ3n) is 4.21. The molecule has 1 aromatic carbocycles. The molecule has 0 saturated heterocycles. The number of likely N-dealkylation sites (N-methyl/N-ethyl adjacent to an activating group) is 1. The van der Waals surface area contributed by atoms with E-state index >= 15 is 0 Å². The molecule has 0 aliphatic rings. The van der Waals surface area contributed by atoms with Gasteiger partial charge in [0.05, 0.1) is 24.1 Å². The summed E-state index contributed by atoms with van der Waals surface area (Å²) in [6.07, 6.45) is 0.718. The van der Waals surface area contributed by atoms with Crippen molar-refractivity contribution in [2.45, 2.75) is 26.3 Å². The molecule has 0 aliphatic heterocycles. The Kier molecular flexibility index (Phi) is 5.75. The summed E-state index contributed by atoms with van der Waals surface area (Å²) < 4.78 is 7.01. The smallest absolute Gasteiger partial charge is 0.230 e. The maximum atomic E-state index is 10.7. The Labute approximate surface area is 156 Å². The van der Waals surface area contributed by atoms with Crippen molar-refractivity contribution in [2.75, 3.05) is 26.8 Å². The Balaban J connectivity index is 2.03. The Morgan fingerprint density at radius 1 is 1.27 bits per heavy atom. The third kappa shape index (κ3) is 3.53. The van der Waals surface area contributed by atoms with Gasteiger partial charge in [0.2, 0.25) is 10.8 Å². The van der Waals surface area contributed by atoms with Crippen LogP contribution in [0.4, 0.5) is 0 Å². The quantitative estimate of drug-likeness (QED) is 0.628. The number of rotatable bonds is 8. The maximum absolute atomic E-state index is 10.7. The van der Waals surface area contributed by atoms with E-state index in [1.165, 1.54) is 15.9 Å². The fraction of sp³-hybridized carbons (Fsp3) is 0.444. The number of ether oxygens (including phenoxy) is 1. The number of aliphatic hydroxyl groups excluding tert-OH is 1. The van der Waals surface area contributed by atoms with Crippen LogP contribution in [0.5, 0.6) is 11.6 Å². The first kappa shape index (κ1) is 18.6. The molecule has 140 valence electrons. The van der Waals surface area contributed by atoms with Crippen LogP contribution in [0.1, 0.15) is 36.2 Å². The lowest BCUT2D eigenvalue weighted by atomic mass is 10.0. The van der Waals surface area contributed by atoms with Crippen molar-refractivity contribution >= 4 is 16.3 Å². The third-order valence-corrected chi connectivity index (χ3v) is 5.28. The van der Waals surface area contributed by atoms with Gasteiger partial charge in [0.15, 0.2) is 5.82 Å². The van der Waals surface area contributed by atoms with Gasteiger partial charge in [-0.15, -0.1) is 5.10 Å². The number of aryl methyl sites for hydroxylation is 1. The van der Waals surface area contributed by atoms with Crippen LogP contribution in [-0.2, 0) is 6.42 Å². The molecule has 7 nitrogen and oxygen atoms in total. The highest BCUT2D eigenvalue weighted by Crippen LogP contribution is 2.39. The predicted molar refractivity (Wildman–Crippen MR) is 101 cm³/mol. The summed E-state index contributed by atoms with van der Waals surface area (Å²) in [5.41, 5.74) is 1.000. The Morgan fingerprint density at radius 3 is 2.58 bits per heavy atom. The number of aromatic hydroxyl groups is 1. The molecule has 0 bridgehead atoms. The molecule has 0 fully saturated rings. The lowest BCUT2D eigenvalue weighted by molar-refractivity contribution is 0.196. The van der Waals surface area contributed by atoms with Crippen molar-refractivity contribution in [2.24, 2.45) is 0 Å². The average molecular weight is 376 g/mol. The van der Waals surface area contributed by atoms with Crippen molar-refractivity contribution in [3.05, 3.63) is 40.5 Å². The Hall–Kier alpha value is -2.16. The number of nitrogens with zero attached hydrogens (tertiary/aromatic N) is 4. The molecule has 2 N–H and O–H groups in total. The van der Waals surface area contributed by atoms with E-state index in [1.807, 2.05) is 50.1 Å². The minimum absolute atomic E-state index is 0.0333. The molecular weight excluding hydrogens is 352 g/mol. The molecule has 0 radical (unpaired) electrons. The summed E-state index contributed by atoms with van der Waals surface area (Å²) >= 11 is 1.42. The van der Waals surface area contributed by atoms with Gasteiger partial charge in [0, 0.05) is 13.0 Å². The highest BCUT2D eigenvalue weighted by atomic mass is 32.1. The van der Waals surface area contributed by atoms with Crippen LogP contribution in [0.2, 0.25) is 0 Å². The van der Waals surface area contributed by atoms with E-state index in [2.05, 4.69) is 10.1 Å². The van der Waals surface area contributed by atoms with Crippen LogP contribution in [-0.4, -0.2) is 56.5 Å². The first-order valence-corrected chi connectivity index (χ1v) is 9.51. The summed E-state index contributed by atoms with van der Waals surface area (Å²) in [5.74, 6) is 1.61. The zero-order chi connectivity index (χ0) is 18.7. The number of aliphatic hydroxyl groups is 1. The molecule has 3 rings (SSSR count). The molecular formula is C18H24N4O3S. The summed E-state index contributed by atoms with van der Waals surface area (Å²) in [6, 6.07) is 7.59. The lowest BCUT2D eigenvalue weighted by Gasteiger charge is -2.27. The van der Waals surface area contributed by atoms with Gasteiger partial charge in [0.1, 0.15) is 5.75 Å². The number of hydrogen-bond donors (Lipinski definition) is 2. The van der Waals surface area contributed by atoms with E-state index in [1.54, 1.807) is 0 Å². The van der Waals surface area contributed by atoms with E-state index in [9.17, 15) is 10.2 Å². The van der Waals surface area contributed by atoms with E-state index in [4.69, 9.17) is 4.74 Å². The van der Waals surface area contributed by atoms with Crippen LogP contribution in [0.3, 0.4) is 0 Å². The van der Waals surface area contributed by atoms with Gasteiger partial charge in [-0.05, 0) is 31.7 Å². The number of aromatic nitrogens is 3. The summed E-state index contributed by atoms with van der Waals surface area (Å²) in [5, 5.41) is 24.5. The maximum Gasteiger partial charge on any atom is 0.230 e. The largest absolute Gasteiger partial charge is 0.494 e. The van der Waals surface area contributed by atoms with E-state index in [0.29, 0.717) is 23.9 Å². The van der Waals surface area contributed by atoms with Gasteiger partial charge in [-0.2, -0.15) is 4.52 Å². The second kappa shape index (κ2) is 8.03. The Morgan fingerprint density at radius 2 is 2.00 bits per heavy atom.